The summed E-state index contributed by atoms with van der Waals surface area (Å²) < 4.78 is 9.88. The molecular weight excluding hydrogens is 306 g/mol. The van der Waals surface area contributed by atoms with Crippen LogP contribution < -0.4 is 5.32 Å². The molecule has 0 aliphatic rings. The Kier molecular flexibility index (Phi) is 15.3. The molecule has 0 heterocycles. The minimum atomic E-state index is -0.517. The minimum Gasteiger partial charge on any atom is -0.459 e. The van der Waals surface area contributed by atoms with Crippen LogP contribution in [0.15, 0.2) is 12.7 Å². The molecule has 140 valence electrons. The molecule has 0 rings (SSSR count). The van der Waals surface area contributed by atoms with Crippen LogP contribution in [0.2, 0.25) is 0 Å². The van der Waals surface area contributed by atoms with Crippen molar-refractivity contribution in [2.45, 2.75) is 84.2 Å². The molecule has 24 heavy (non-hydrogen) atoms. The number of nitrogens with one attached hydrogen (secondary N) is 1. The number of rotatable bonds is 15. The zero-order chi connectivity index (χ0) is 18.0. The van der Waals surface area contributed by atoms with Crippen molar-refractivity contribution >= 4 is 12.1 Å². The molecule has 0 fully saturated rings. The van der Waals surface area contributed by atoms with E-state index < -0.39 is 18.2 Å². The van der Waals surface area contributed by atoms with Crippen LogP contribution in [0.4, 0.5) is 4.79 Å². The van der Waals surface area contributed by atoms with E-state index in [9.17, 15) is 9.59 Å². The second-order valence-electron chi connectivity index (χ2n) is 6.16. The Hall–Kier alpha value is -1.52. The van der Waals surface area contributed by atoms with Crippen LogP contribution in [0.3, 0.4) is 0 Å². The molecule has 5 heteroatoms. The smallest absolute Gasteiger partial charge is 0.407 e. The molecule has 0 aliphatic heterocycles. The van der Waals surface area contributed by atoms with E-state index in [1.54, 1.807) is 6.92 Å². The second kappa shape index (κ2) is 16.3. The van der Waals surface area contributed by atoms with Crippen molar-refractivity contribution in [3.8, 4) is 0 Å². The molecule has 0 radical (unpaired) electrons. The van der Waals surface area contributed by atoms with Gasteiger partial charge in [-0.25, -0.2) is 9.59 Å². The zero-order valence-electron chi connectivity index (χ0n) is 15.5. The Morgan fingerprint density at radius 3 is 2.08 bits per heavy atom. The lowest BCUT2D eigenvalue weighted by Crippen LogP contribution is -2.30. The monoisotopic (exact) mass is 341 g/mol. The molecule has 0 aromatic rings. The summed E-state index contributed by atoms with van der Waals surface area (Å²) in [5, 5.41) is 2.72. The Bertz CT molecular complexity index is 344. The highest BCUT2D eigenvalue weighted by Crippen LogP contribution is 2.10. The number of hydrogen-bond donors (Lipinski definition) is 1. The molecule has 1 unspecified atom stereocenters. The maximum absolute atomic E-state index is 11.5. The Morgan fingerprint density at radius 1 is 1.00 bits per heavy atom. The van der Waals surface area contributed by atoms with Crippen molar-refractivity contribution in [1.82, 2.24) is 5.32 Å². The molecule has 1 N–H and O–H groups in total. The summed E-state index contributed by atoms with van der Waals surface area (Å²) in [6, 6.07) is 0. The van der Waals surface area contributed by atoms with Crippen LogP contribution in [-0.4, -0.2) is 31.3 Å². The minimum absolute atomic E-state index is 0.0382. The van der Waals surface area contributed by atoms with Crippen molar-refractivity contribution in [3.63, 3.8) is 0 Å². The van der Waals surface area contributed by atoms with Gasteiger partial charge in [0, 0.05) is 12.6 Å². The fourth-order valence-corrected chi connectivity index (χ4v) is 2.32. The van der Waals surface area contributed by atoms with Gasteiger partial charge in [-0.1, -0.05) is 71.3 Å². The fourth-order valence-electron chi connectivity index (χ4n) is 2.32. The largest absolute Gasteiger partial charge is 0.459 e. The topological polar surface area (TPSA) is 64.6 Å². The highest BCUT2D eigenvalue weighted by molar-refractivity contribution is 5.81. The molecule has 1 amide bonds. The van der Waals surface area contributed by atoms with Gasteiger partial charge in [0.15, 0.2) is 0 Å². The van der Waals surface area contributed by atoms with Crippen LogP contribution in [-0.2, 0) is 14.3 Å². The lowest BCUT2D eigenvalue weighted by molar-refractivity contribution is -0.140. The molecular formula is C19H35NO4. The van der Waals surface area contributed by atoms with Gasteiger partial charge >= 0.3 is 12.1 Å². The van der Waals surface area contributed by atoms with Gasteiger partial charge in [0.05, 0.1) is 0 Å². The molecule has 0 spiro atoms. The third-order valence-electron chi connectivity index (χ3n) is 3.73. The number of carbonyl (C=O) groups is 2. The van der Waals surface area contributed by atoms with Gasteiger partial charge in [-0.2, -0.15) is 0 Å². The normalized spacial score (nSPS) is 11.6. The third-order valence-corrected chi connectivity index (χ3v) is 3.73. The van der Waals surface area contributed by atoms with Crippen LogP contribution >= 0.6 is 0 Å². The van der Waals surface area contributed by atoms with E-state index in [0.29, 0.717) is 6.54 Å². The lowest BCUT2D eigenvalue weighted by Gasteiger charge is -2.13. The number of alkyl carbamates (subject to hydrolysis) is 1. The van der Waals surface area contributed by atoms with Gasteiger partial charge in [0.2, 0.25) is 0 Å². The van der Waals surface area contributed by atoms with E-state index in [2.05, 4.69) is 18.8 Å². The van der Waals surface area contributed by atoms with Gasteiger partial charge in [-0.05, 0) is 13.3 Å². The van der Waals surface area contributed by atoms with Gasteiger partial charge < -0.3 is 14.8 Å². The molecule has 0 aliphatic carbocycles. The van der Waals surface area contributed by atoms with Crippen molar-refractivity contribution in [2.24, 2.45) is 0 Å². The fraction of sp³-hybridized carbons (Fsp3) is 0.789. The van der Waals surface area contributed by atoms with Gasteiger partial charge in [0.25, 0.3) is 0 Å². The average molecular weight is 341 g/mol. The molecule has 5 nitrogen and oxygen atoms in total. The quantitative estimate of drug-likeness (QED) is 0.265. The summed E-state index contributed by atoms with van der Waals surface area (Å²) in [4.78, 5) is 22.4. The Labute approximate surface area is 147 Å². The first-order valence-corrected chi connectivity index (χ1v) is 9.33. The molecule has 1 atom stereocenters. The molecule has 0 aromatic carbocycles. The predicted molar refractivity (Wildman–Crippen MR) is 96.9 cm³/mol. The third kappa shape index (κ3) is 15.4. The number of hydrogen-bond acceptors (Lipinski definition) is 4. The lowest BCUT2D eigenvalue weighted by atomic mass is 10.1. The highest BCUT2D eigenvalue weighted by atomic mass is 16.6. The van der Waals surface area contributed by atoms with Crippen LogP contribution in [0.25, 0.3) is 0 Å². The van der Waals surface area contributed by atoms with Crippen molar-refractivity contribution in [1.29, 1.82) is 0 Å². The summed E-state index contributed by atoms with van der Waals surface area (Å²) in [6.45, 7) is 7.87. The number of unbranched alkanes of at least 4 members (excludes halogenated alkanes) is 9. The van der Waals surface area contributed by atoms with Crippen LogP contribution in [0, 0.1) is 0 Å². The van der Waals surface area contributed by atoms with Crippen molar-refractivity contribution in [3.05, 3.63) is 12.7 Å². The molecule has 0 saturated heterocycles. The van der Waals surface area contributed by atoms with E-state index >= 15 is 0 Å². The number of amides is 1. The maximum atomic E-state index is 11.5. The van der Waals surface area contributed by atoms with E-state index in [0.717, 1.165) is 18.9 Å². The Balaban J connectivity index is 3.36. The number of carbonyl (C=O) groups excluding carboxylic acids is 2. The summed E-state index contributed by atoms with van der Waals surface area (Å²) in [5.74, 6) is -0.517. The van der Waals surface area contributed by atoms with E-state index in [1.807, 2.05) is 0 Å². The predicted octanol–water partition coefficient (Wildman–Crippen LogP) is 4.75. The standard InChI is InChI=1S/C19H35NO4/c1-4-6-7-8-9-10-11-12-13-14-15-20-19(22)24-17(3)16-23-18(21)5-2/h5,17H,2,4,6-16H2,1,3H3,(H,20,22). The highest BCUT2D eigenvalue weighted by Gasteiger charge is 2.10. The summed E-state index contributed by atoms with van der Waals surface area (Å²) in [6.07, 6.45) is 12.8. The van der Waals surface area contributed by atoms with Crippen molar-refractivity contribution in [2.75, 3.05) is 13.2 Å². The van der Waals surface area contributed by atoms with Gasteiger partial charge in [-0.15, -0.1) is 0 Å². The molecule has 0 aromatic heterocycles. The zero-order valence-corrected chi connectivity index (χ0v) is 15.5. The first kappa shape index (κ1) is 22.5. The average Bonchev–Trinajstić information content (AvgIpc) is 2.57. The second-order valence-corrected chi connectivity index (χ2v) is 6.16. The van der Waals surface area contributed by atoms with Gasteiger partial charge in [-0.3, -0.25) is 0 Å². The van der Waals surface area contributed by atoms with Crippen molar-refractivity contribution < 1.29 is 19.1 Å². The summed E-state index contributed by atoms with van der Waals surface area (Å²) >= 11 is 0. The Morgan fingerprint density at radius 2 is 1.54 bits per heavy atom. The summed E-state index contributed by atoms with van der Waals surface area (Å²) in [7, 11) is 0. The van der Waals surface area contributed by atoms with Gasteiger partial charge in [0.1, 0.15) is 12.7 Å². The SMILES string of the molecule is C=CC(=O)OCC(C)OC(=O)NCCCCCCCCCCCC. The molecule has 0 bridgehead atoms. The first-order valence-electron chi connectivity index (χ1n) is 9.33. The van der Waals surface area contributed by atoms with E-state index in [-0.39, 0.29) is 6.61 Å². The molecule has 0 saturated carbocycles. The number of ether oxygens (including phenoxy) is 2. The van der Waals surface area contributed by atoms with E-state index in [4.69, 9.17) is 9.47 Å². The van der Waals surface area contributed by atoms with E-state index in [1.165, 1.54) is 51.4 Å². The maximum Gasteiger partial charge on any atom is 0.407 e. The van der Waals surface area contributed by atoms with Crippen LogP contribution in [0.5, 0.6) is 0 Å². The van der Waals surface area contributed by atoms with Crippen LogP contribution in [0.1, 0.15) is 78.1 Å². The first-order chi connectivity index (χ1) is 11.6. The number of esters is 1. The summed E-state index contributed by atoms with van der Waals surface area (Å²) in [5.41, 5.74) is 0.